The molecular formula is C12H15NO2. The molecule has 80 valence electrons. The predicted octanol–water partition coefficient (Wildman–Crippen LogP) is 1.91. The summed E-state index contributed by atoms with van der Waals surface area (Å²) in [4.78, 5) is 0. The number of hydrogen-bond donors (Lipinski definition) is 2. The van der Waals surface area contributed by atoms with Crippen LogP contribution in [0.25, 0.3) is 0 Å². The summed E-state index contributed by atoms with van der Waals surface area (Å²) in [6.45, 7) is 1.64. The number of phenolic OH excluding ortho intramolecular Hbond substituents is 1. The minimum Gasteiger partial charge on any atom is -0.506 e. The summed E-state index contributed by atoms with van der Waals surface area (Å²) >= 11 is 0. The SMILES string of the molecule is Oc1cccc2c1NC1(CCOCC1)C2. The molecule has 15 heavy (non-hydrogen) atoms. The largest absolute Gasteiger partial charge is 0.506 e. The minimum atomic E-state index is 0.138. The van der Waals surface area contributed by atoms with Crippen LogP contribution in [0.1, 0.15) is 18.4 Å². The molecule has 1 fully saturated rings. The number of aromatic hydroxyl groups is 1. The topological polar surface area (TPSA) is 41.5 Å². The van der Waals surface area contributed by atoms with Crippen LogP contribution >= 0.6 is 0 Å². The summed E-state index contributed by atoms with van der Waals surface area (Å²) in [7, 11) is 0. The fourth-order valence-corrected chi connectivity index (χ4v) is 2.62. The molecule has 0 unspecified atom stereocenters. The van der Waals surface area contributed by atoms with Crippen LogP contribution in [0, 0.1) is 0 Å². The van der Waals surface area contributed by atoms with Gasteiger partial charge in [-0.2, -0.15) is 0 Å². The van der Waals surface area contributed by atoms with Gasteiger partial charge in [0.1, 0.15) is 5.75 Å². The number of para-hydroxylation sites is 1. The number of nitrogens with one attached hydrogen (secondary N) is 1. The van der Waals surface area contributed by atoms with Gasteiger partial charge in [-0.1, -0.05) is 12.1 Å². The van der Waals surface area contributed by atoms with Crippen LogP contribution in [0.15, 0.2) is 18.2 Å². The van der Waals surface area contributed by atoms with Gasteiger partial charge >= 0.3 is 0 Å². The fraction of sp³-hybridized carbons (Fsp3) is 0.500. The second-order valence-corrected chi connectivity index (χ2v) is 4.51. The Morgan fingerprint density at radius 2 is 2.07 bits per heavy atom. The standard InChI is InChI=1S/C12H15NO2/c14-10-3-1-2-9-8-12(13-11(9)10)4-6-15-7-5-12/h1-3,13-14H,4-8H2. The number of phenols is 1. The van der Waals surface area contributed by atoms with Crippen LogP contribution in [-0.2, 0) is 11.2 Å². The minimum absolute atomic E-state index is 0.138. The van der Waals surface area contributed by atoms with Gasteiger partial charge in [-0.05, 0) is 30.9 Å². The quantitative estimate of drug-likeness (QED) is 0.636. The zero-order chi connectivity index (χ0) is 10.3. The van der Waals surface area contributed by atoms with E-state index in [1.165, 1.54) is 5.56 Å². The van der Waals surface area contributed by atoms with Crippen molar-refractivity contribution in [2.75, 3.05) is 18.5 Å². The second-order valence-electron chi connectivity index (χ2n) is 4.51. The first kappa shape index (κ1) is 9.04. The lowest BCUT2D eigenvalue weighted by Crippen LogP contribution is -2.41. The lowest BCUT2D eigenvalue weighted by molar-refractivity contribution is 0.0624. The van der Waals surface area contributed by atoms with E-state index in [2.05, 4.69) is 11.4 Å². The van der Waals surface area contributed by atoms with Crippen molar-refractivity contribution >= 4 is 5.69 Å². The Morgan fingerprint density at radius 1 is 1.27 bits per heavy atom. The number of anilines is 1. The second kappa shape index (κ2) is 3.14. The van der Waals surface area contributed by atoms with Crippen LogP contribution < -0.4 is 5.32 Å². The molecule has 0 bridgehead atoms. The first-order chi connectivity index (χ1) is 7.29. The van der Waals surface area contributed by atoms with Crippen LogP contribution in [0.3, 0.4) is 0 Å². The molecule has 3 heteroatoms. The third-order valence-electron chi connectivity index (χ3n) is 3.50. The lowest BCUT2D eigenvalue weighted by Gasteiger charge is -2.34. The number of hydrogen-bond acceptors (Lipinski definition) is 3. The van der Waals surface area contributed by atoms with E-state index in [1.54, 1.807) is 6.07 Å². The summed E-state index contributed by atoms with van der Waals surface area (Å²) < 4.78 is 5.38. The van der Waals surface area contributed by atoms with E-state index >= 15 is 0 Å². The summed E-state index contributed by atoms with van der Waals surface area (Å²) in [5.74, 6) is 0.371. The smallest absolute Gasteiger partial charge is 0.138 e. The molecule has 0 amide bonds. The van der Waals surface area contributed by atoms with Gasteiger partial charge in [-0.25, -0.2) is 0 Å². The highest BCUT2D eigenvalue weighted by molar-refractivity contribution is 5.67. The van der Waals surface area contributed by atoms with Crippen molar-refractivity contribution in [3.8, 4) is 5.75 Å². The normalized spacial score (nSPS) is 22.4. The van der Waals surface area contributed by atoms with Crippen molar-refractivity contribution in [2.45, 2.75) is 24.8 Å². The van der Waals surface area contributed by atoms with Gasteiger partial charge in [0.15, 0.2) is 0 Å². The van der Waals surface area contributed by atoms with Gasteiger partial charge in [0, 0.05) is 18.8 Å². The van der Waals surface area contributed by atoms with Gasteiger partial charge in [0.05, 0.1) is 5.69 Å². The van der Waals surface area contributed by atoms with E-state index in [1.807, 2.05) is 6.07 Å². The molecule has 1 aromatic carbocycles. The number of rotatable bonds is 0. The van der Waals surface area contributed by atoms with Crippen molar-refractivity contribution < 1.29 is 9.84 Å². The van der Waals surface area contributed by atoms with Crippen LogP contribution in [0.5, 0.6) is 5.75 Å². The summed E-state index contributed by atoms with van der Waals surface area (Å²) in [5.41, 5.74) is 2.30. The van der Waals surface area contributed by atoms with E-state index in [4.69, 9.17) is 4.74 Å². The Morgan fingerprint density at radius 3 is 2.80 bits per heavy atom. The van der Waals surface area contributed by atoms with Crippen molar-refractivity contribution in [3.05, 3.63) is 23.8 Å². The fourth-order valence-electron chi connectivity index (χ4n) is 2.62. The highest BCUT2D eigenvalue weighted by Gasteiger charge is 2.38. The van der Waals surface area contributed by atoms with Crippen LogP contribution in [-0.4, -0.2) is 23.9 Å². The molecule has 1 spiro atoms. The Balaban J connectivity index is 1.94. The maximum Gasteiger partial charge on any atom is 0.138 e. The Kier molecular flexibility index (Phi) is 1.89. The molecule has 0 radical (unpaired) electrons. The van der Waals surface area contributed by atoms with Gasteiger partial charge in [0.2, 0.25) is 0 Å². The number of ether oxygens (including phenoxy) is 1. The lowest BCUT2D eigenvalue weighted by atomic mass is 9.87. The molecule has 2 heterocycles. The third-order valence-corrected chi connectivity index (χ3v) is 3.50. The molecule has 1 saturated heterocycles. The molecule has 2 aliphatic rings. The van der Waals surface area contributed by atoms with E-state index in [9.17, 15) is 5.11 Å². The molecule has 3 rings (SSSR count). The van der Waals surface area contributed by atoms with E-state index in [-0.39, 0.29) is 5.54 Å². The van der Waals surface area contributed by atoms with E-state index in [0.29, 0.717) is 5.75 Å². The first-order valence-electron chi connectivity index (χ1n) is 5.46. The van der Waals surface area contributed by atoms with Gasteiger partial charge < -0.3 is 15.2 Å². The molecule has 2 N–H and O–H groups in total. The molecule has 3 nitrogen and oxygen atoms in total. The predicted molar refractivity (Wildman–Crippen MR) is 58.2 cm³/mol. The maximum atomic E-state index is 9.75. The summed E-state index contributed by atoms with van der Waals surface area (Å²) in [5, 5.41) is 13.2. The van der Waals surface area contributed by atoms with Gasteiger partial charge in [-0.3, -0.25) is 0 Å². The van der Waals surface area contributed by atoms with Gasteiger partial charge in [-0.15, -0.1) is 0 Å². The van der Waals surface area contributed by atoms with Crippen LogP contribution in [0.4, 0.5) is 5.69 Å². The Bertz CT molecular complexity index is 383. The van der Waals surface area contributed by atoms with Crippen molar-refractivity contribution in [3.63, 3.8) is 0 Å². The molecule has 1 aromatic rings. The summed E-state index contributed by atoms with van der Waals surface area (Å²) in [6.07, 6.45) is 3.07. The first-order valence-corrected chi connectivity index (χ1v) is 5.46. The molecule has 0 atom stereocenters. The van der Waals surface area contributed by atoms with Crippen LogP contribution in [0.2, 0.25) is 0 Å². The maximum absolute atomic E-state index is 9.75. The highest BCUT2D eigenvalue weighted by Crippen LogP contribution is 2.42. The average molecular weight is 205 g/mol. The molecule has 2 aliphatic heterocycles. The number of benzene rings is 1. The zero-order valence-corrected chi connectivity index (χ0v) is 8.62. The molecule has 0 aromatic heterocycles. The molecule has 0 saturated carbocycles. The van der Waals surface area contributed by atoms with Gasteiger partial charge in [0.25, 0.3) is 0 Å². The van der Waals surface area contributed by atoms with E-state index in [0.717, 1.165) is 38.2 Å². The molecule has 0 aliphatic carbocycles. The third kappa shape index (κ3) is 1.38. The number of fused-ring (bicyclic) bond motifs is 1. The highest BCUT2D eigenvalue weighted by atomic mass is 16.5. The van der Waals surface area contributed by atoms with Crippen molar-refractivity contribution in [2.24, 2.45) is 0 Å². The monoisotopic (exact) mass is 205 g/mol. The average Bonchev–Trinajstić information content (AvgIpc) is 2.59. The Labute approximate surface area is 89.1 Å². The van der Waals surface area contributed by atoms with Crippen molar-refractivity contribution in [1.82, 2.24) is 0 Å². The summed E-state index contributed by atoms with van der Waals surface area (Å²) in [6, 6.07) is 5.74. The van der Waals surface area contributed by atoms with E-state index < -0.39 is 0 Å². The van der Waals surface area contributed by atoms with Crippen molar-refractivity contribution in [1.29, 1.82) is 0 Å². The molecular weight excluding hydrogens is 190 g/mol. The zero-order valence-electron chi connectivity index (χ0n) is 8.62. The Hall–Kier alpha value is -1.22.